The number of halogens is 3. The number of alkyl halides is 2. The van der Waals surface area contributed by atoms with E-state index in [0.29, 0.717) is 11.4 Å². The van der Waals surface area contributed by atoms with Crippen molar-refractivity contribution < 1.29 is 18.7 Å². The molecular weight excluding hydrogens is 320 g/mol. The highest BCUT2D eigenvalue weighted by Crippen LogP contribution is 2.21. The van der Waals surface area contributed by atoms with E-state index >= 15 is 0 Å². The summed E-state index contributed by atoms with van der Waals surface area (Å²) in [5.74, 6) is 0.371. The zero-order valence-corrected chi connectivity index (χ0v) is 13.0. The van der Waals surface area contributed by atoms with Crippen LogP contribution in [0.4, 0.5) is 8.78 Å². The van der Waals surface area contributed by atoms with Gasteiger partial charge < -0.3 is 10.0 Å². The summed E-state index contributed by atoms with van der Waals surface area (Å²) in [5, 5.41) is 9.46. The number of nitrogens with zero attached hydrogens (tertiary/aromatic N) is 1. The molecule has 0 aromatic heterocycles. The normalized spacial score (nSPS) is 10.9. The predicted octanol–water partition coefficient (Wildman–Crippen LogP) is 3.30. The molecule has 0 unspecified atom stereocenters. The third-order valence-electron chi connectivity index (χ3n) is 2.70. The Kier molecular flexibility index (Phi) is 8.64. The second kappa shape index (κ2) is 9.97. The van der Waals surface area contributed by atoms with Crippen molar-refractivity contribution in [2.45, 2.75) is 24.2 Å². The molecule has 0 saturated carbocycles. The first kappa shape index (κ1) is 18.2. The second-order valence-corrected chi connectivity index (χ2v) is 5.97. The summed E-state index contributed by atoms with van der Waals surface area (Å²) < 4.78 is 24.6. The Morgan fingerprint density at radius 1 is 1.33 bits per heavy atom. The molecule has 1 amide bonds. The fourth-order valence-electron chi connectivity index (χ4n) is 1.71. The first-order valence-electron chi connectivity index (χ1n) is 6.58. The highest BCUT2D eigenvalue weighted by molar-refractivity contribution is 7.99. The second-order valence-electron chi connectivity index (χ2n) is 4.36. The molecule has 3 nitrogen and oxygen atoms in total. The molecule has 1 rings (SSSR count). The first-order chi connectivity index (χ1) is 10.0. The van der Waals surface area contributed by atoms with Gasteiger partial charge in [0, 0.05) is 22.9 Å². The summed E-state index contributed by atoms with van der Waals surface area (Å²) in [5.41, 5.74) is 0. The Balaban J connectivity index is 2.29. The molecule has 7 heteroatoms. The highest BCUT2D eigenvalue weighted by atomic mass is 35.5. The van der Waals surface area contributed by atoms with Gasteiger partial charge in [0.2, 0.25) is 5.91 Å². The number of hydrogen-bond donors (Lipinski definition) is 1. The number of carbonyl (C=O) groups is 1. The molecule has 0 aliphatic carbocycles. The number of hydrogen-bond acceptors (Lipinski definition) is 3. The Morgan fingerprint density at radius 2 is 2.00 bits per heavy atom. The zero-order chi connectivity index (χ0) is 15.7. The maximum atomic E-state index is 12.3. The minimum Gasteiger partial charge on any atom is -0.395 e. The van der Waals surface area contributed by atoms with Gasteiger partial charge in [0.05, 0.1) is 13.2 Å². The Morgan fingerprint density at radius 3 is 2.57 bits per heavy atom. The van der Waals surface area contributed by atoms with Gasteiger partial charge in [0.15, 0.2) is 0 Å². The SMILES string of the molecule is O=C(CCCSc1ccc(Cl)cc1)N(CCO)CC(F)F. The summed E-state index contributed by atoms with van der Waals surface area (Å²) in [7, 11) is 0. The van der Waals surface area contributed by atoms with Gasteiger partial charge in [-0.3, -0.25) is 4.79 Å². The summed E-state index contributed by atoms with van der Waals surface area (Å²) in [6.45, 7) is -0.977. The molecule has 1 aromatic carbocycles. The smallest absolute Gasteiger partial charge is 0.255 e. The molecule has 0 saturated heterocycles. The molecule has 1 aromatic rings. The monoisotopic (exact) mass is 337 g/mol. The van der Waals surface area contributed by atoms with Crippen LogP contribution in [0.15, 0.2) is 29.2 Å². The van der Waals surface area contributed by atoms with Gasteiger partial charge in [-0.05, 0) is 36.4 Å². The van der Waals surface area contributed by atoms with E-state index in [2.05, 4.69) is 0 Å². The van der Waals surface area contributed by atoms with Crippen molar-refractivity contribution in [3.63, 3.8) is 0 Å². The molecule has 1 N–H and O–H groups in total. The molecule has 0 spiro atoms. The van der Waals surface area contributed by atoms with Gasteiger partial charge >= 0.3 is 0 Å². The number of benzene rings is 1. The lowest BCUT2D eigenvalue weighted by molar-refractivity contribution is -0.133. The fourth-order valence-corrected chi connectivity index (χ4v) is 2.69. The minimum absolute atomic E-state index is 0.0481. The van der Waals surface area contributed by atoms with Crippen LogP contribution in [0.3, 0.4) is 0 Å². The number of carbonyl (C=O) groups excluding carboxylic acids is 1. The quantitative estimate of drug-likeness (QED) is 0.555. The van der Waals surface area contributed by atoms with Gasteiger partial charge in [-0.25, -0.2) is 8.78 Å². The highest BCUT2D eigenvalue weighted by Gasteiger charge is 2.17. The Hall–Kier alpha value is -0.850. The summed E-state index contributed by atoms with van der Waals surface area (Å²) in [6, 6.07) is 7.37. The average Bonchev–Trinajstić information content (AvgIpc) is 2.44. The molecular formula is C14H18ClF2NO2S. The zero-order valence-electron chi connectivity index (χ0n) is 11.5. The number of thioether (sulfide) groups is 1. The molecule has 21 heavy (non-hydrogen) atoms. The van der Waals surface area contributed by atoms with Gasteiger partial charge in [0.1, 0.15) is 0 Å². The van der Waals surface area contributed by atoms with Crippen LogP contribution in [-0.4, -0.2) is 47.8 Å². The topological polar surface area (TPSA) is 40.5 Å². The van der Waals surface area contributed by atoms with E-state index in [1.165, 1.54) is 0 Å². The molecule has 0 atom stereocenters. The van der Waals surface area contributed by atoms with Crippen molar-refractivity contribution in [1.29, 1.82) is 0 Å². The third kappa shape index (κ3) is 7.64. The van der Waals surface area contributed by atoms with E-state index in [-0.39, 0.29) is 25.5 Å². The van der Waals surface area contributed by atoms with Crippen molar-refractivity contribution in [2.24, 2.45) is 0 Å². The van der Waals surface area contributed by atoms with E-state index in [9.17, 15) is 13.6 Å². The molecule has 0 bridgehead atoms. The summed E-state index contributed by atoms with van der Waals surface area (Å²) in [6.07, 6.45) is -1.78. The van der Waals surface area contributed by atoms with Gasteiger partial charge in [-0.1, -0.05) is 11.6 Å². The van der Waals surface area contributed by atoms with Crippen LogP contribution < -0.4 is 0 Å². The van der Waals surface area contributed by atoms with Crippen LogP contribution in [0.2, 0.25) is 5.02 Å². The number of aliphatic hydroxyl groups is 1. The largest absolute Gasteiger partial charge is 0.395 e. The van der Waals surface area contributed by atoms with E-state index in [0.717, 1.165) is 15.5 Å². The van der Waals surface area contributed by atoms with Crippen molar-refractivity contribution in [2.75, 3.05) is 25.4 Å². The minimum atomic E-state index is -2.58. The Labute approximate surface area is 132 Å². The summed E-state index contributed by atoms with van der Waals surface area (Å²) in [4.78, 5) is 13.8. The Bertz CT molecular complexity index is 431. The fraction of sp³-hybridized carbons (Fsp3) is 0.500. The molecule has 0 heterocycles. The lowest BCUT2D eigenvalue weighted by Crippen LogP contribution is -2.37. The van der Waals surface area contributed by atoms with Gasteiger partial charge in [-0.15, -0.1) is 11.8 Å². The lowest BCUT2D eigenvalue weighted by atomic mass is 10.3. The lowest BCUT2D eigenvalue weighted by Gasteiger charge is -2.21. The number of amides is 1. The van der Waals surface area contributed by atoms with Crippen molar-refractivity contribution >= 4 is 29.3 Å². The molecule has 118 valence electrons. The van der Waals surface area contributed by atoms with Crippen LogP contribution in [0.25, 0.3) is 0 Å². The van der Waals surface area contributed by atoms with Gasteiger partial charge in [0.25, 0.3) is 6.43 Å². The van der Waals surface area contributed by atoms with Crippen LogP contribution in [0, 0.1) is 0 Å². The molecule has 0 fully saturated rings. The molecule has 0 aliphatic heterocycles. The molecule has 0 radical (unpaired) electrons. The van der Waals surface area contributed by atoms with E-state index in [4.69, 9.17) is 16.7 Å². The number of aliphatic hydroxyl groups excluding tert-OH is 1. The maximum Gasteiger partial charge on any atom is 0.255 e. The first-order valence-corrected chi connectivity index (χ1v) is 7.94. The predicted molar refractivity (Wildman–Crippen MR) is 81.1 cm³/mol. The van der Waals surface area contributed by atoms with Crippen molar-refractivity contribution in [1.82, 2.24) is 4.90 Å². The van der Waals surface area contributed by atoms with E-state index < -0.39 is 13.0 Å². The van der Waals surface area contributed by atoms with Crippen molar-refractivity contribution in [3.8, 4) is 0 Å². The van der Waals surface area contributed by atoms with E-state index in [1.54, 1.807) is 23.9 Å². The van der Waals surface area contributed by atoms with Crippen LogP contribution in [-0.2, 0) is 4.79 Å². The summed E-state index contributed by atoms with van der Waals surface area (Å²) >= 11 is 7.36. The van der Waals surface area contributed by atoms with Crippen LogP contribution in [0.5, 0.6) is 0 Å². The maximum absolute atomic E-state index is 12.3. The van der Waals surface area contributed by atoms with Gasteiger partial charge in [-0.2, -0.15) is 0 Å². The average molecular weight is 338 g/mol. The number of rotatable bonds is 9. The standard InChI is InChI=1S/C14H18ClF2NO2S/c15-11-3-5-12(6-4-11)21-9-1-2-14(20)18(7-8-19)10-13(16)17/h3-6,13,19H,1-2,7-10H2. The van der Waals surface area contributed by atoms with Crippen LogP contribution in [0.1, 0.15) is 12.8 Å². The van der Waals surface area contributed by atoms with Crippen molar-refractivity contribution in [3.05, 3.63) is 29.3 Å². The third-order valence-corrected chi connectivity index (χ3v) is 4.05. The molecule has 0 aliphatic rings. The van der Waals surface area contributed by atoms with Crippen LogP contribution >= 0.6 is 23.4 Å². The van der Waals surface area contributed by atoms with E-state index in [1.807, 2.05) is 12.1 Å².